The molecule has 2 aromatic heterocycles. The smallest absolute Gasteiger partial charge is 0.346 e. The van der Waals surface area contributed by atoms with Gasteiger partial charge in [0.1, 0.15) is 16.3 Å². The van der Waals surface area contributed by atoms with E-state index in [4.69, 9.17) is 9.52 Å². The van der Waals surface area contributed by atoms with Crippen molar-refractivity contribution in [3.8, 4) is 0 Å². The molecule has 0 radical (unpaired) electrons. The summed E-state index contributed by atoms with van der Waals surface area (Å²) in [6, 6.07) is 3.50. The molecule has 0 aliphatic rings. The largest absolute Gasteiger partial charge is 0.478 e. The summed E-state index contributed by atoms with van der Waals surface area (Å²) in [6.07, 6.45) is 0. The van der Waals surface area contributed by atoms with Crippen molar-refractivity contribution < 1.29 is 14.3 Å². The summed E-state index contributed by atoms with van der Waals surface area (Å²) in [7, 11) is 0. The number of aromatic nitrogens is 2. The fourth-order valence-corrected chi connectivity index (χ4v) is 2.79. The van der Waals surface area contributed by atoms with E-state index in [-0.39, 0.29) is 16.3 Å². The molecule has 0 saturated carbocycles. The van der Waals surface area contributed by atoms with Gasteiger partial charge in [-0.3, -0.25) is 0 Å². The van der Waals surface area contributed by atoms with E-state index in [1.165, 1.54) is 6.92 Å². The minimum absolute atomic E-state index is 0.00946. The number of halogens is 1. The molecule has 0 bridgehead atoms. The van der Waals surface area contributed by atoms with Gasteiger partial charge in [0.2, 0.25) is 0 Å². The van der Waals surface area contributed by atoms with E-state index in [0.29, 0.717) is 16.2 Å². The van der Waals surface area contributed by atoms with Gasteiger partial charge in [0, 0.05) is 5.69 Å². The van der Waals surface area contributed by atoms with Crippen LogP contribution in [0.1, 0.15) is 21.8 Å². The summed E-state index contributed by atoms with van der Waals surface area (Å²) in [5, 5.41) is 9.31. The summed E-state index contributed by atoms with van der Waals surface area (Å²) in [5.74, 6) is -0.0702. The molecule has 2 aromatic rings. The Bertz CT molecular complexity index is 680. The van der Waals surface area contributed by atoms with E-state index in [9.17, 15) is 9.59 Å². The molecule has 100 valence electrons. The Kier molecular flexibility index (Phi) is 4.11. The SMILES string of the molecule is Cc1[nH]c(=O)nc(SCc2ccc(Br)o2)c1C(=O)O. The first kappa shape index (κ1) is 13.9. The van der Waals surface area contributed by atoms with Gasteiger partial charge in [-0.05, 0) is 35.0 Å². The third-order valence-corrected chi connectivity index (χ3v) is 3.70. The van der Waals surface area contributed by atoms with Crippen molar-refractivity contribution in [1.29, 1.82) is 0 Å². The highest BCUT2D eigenvalue weighted by Crippen LogP contribution is 2.26. The molecule has 0 fully saturated rings. The molecule has 0 unspecified atom stereocenters. The van der Waals surface area contributed by atoms with Crippen LogP contribution in [0.5, 0.6) is 0 Å². The van der Waals surface area contributed by atoms with Crippen LogP contribution in [0.2, 0.25) is 0 Å². The molecule has 2 heterocycles. The zero-order chi connectivity index (χ0) is 14.0. The monoisotopic (exact) mass is 344 g/mol. The van der Waals surface area contributed by atoms with Crippen LogP contribution in [0.25, 0.3) is 0 Å². The number of aromatic carboxylic acids is 1. The van der Waals surface area contributed by atoms with Crippen LogP contribution in [-0.4, -0.2) is 21.0 Å². The van der Waals surface area contributed by atoms with Crippen molar-refractivity contribution in [3.63, 3.8) is 0 Å². The van der Waals surface area contributed by atoms with Crippen molar-refractivity contribution in [2.75, 3.05) is 0 Å². The van der Waals surface area contributed by atoms with Gasteiger partial charge >= 0.3 is 11.7 Å². The van der Waals surface area contributed by atoms with Crippen molar-refractivity contribution in [2.45, 2.75) is 17.7 Å². The van der Waals surface area contributed by atoms with E-state index >= 15 is 0 Å². The molecule has 0 saturated heterocycles. The van der Waals surface area contributed by atoms with Crippen LogP contribution in [0.3, 0.4) is 0 Å². The lowest BCUT2D eigenvalue weighted by Crippen LogP contribution is -2.18. The molecule has 0 amide bonds. The van der Waals surface area contributed by atoms with E-state index in [1.807, 2.05) is 0 Å². The lowest BCUT2D eigenvalue weighted by Gasteiger charge is -2.05. The van der Waals surface area contributed by atoms with Crippen LogP contribution in [0, 0.1) is 6.92 Å². The first-order valence-electron chi connectivity index (χ1n) is 5.18. The highest BCUT2D eigenvalue weighted by Gasteiger charge is 2.17. The number of H-pyrrole nitrogens is 1. The average Bonchev–Trinajstić information content (AvgIpc) is 2.71. The van der Waals surface area contributed by atoms with E-state index in [0.717, 1.165) is 11.8 Å². The second kappa shape index (κ2) is 5.62. The topological polar surface area (TPSA) is 96.2 Å². The third kappa shape index (κ3) is 3.27. The molecule has 0 atom stereocenters. The quantitative estimate of drug-likeness (QED) is 0.653. The Labute approximate surface area is 120 Å². The summed E-state index contributed by atoms with van der Waals surface area (Å²) in [4.78, 5) is 28.5. The minimum atomic E-state index is -1.12. The molecule has 2 N–H and O–H groups in total. The Morgan fingerprint density at radius 2 is 2.32 bits per heavy atom. The van der Waals surface area contributed by atoms with Gasteiger partial charge < -0.3 is 14.5 Å². The zero-order valence-corrected chi connectivity index (χ0v) is 12.2. The fraction of sp³-hybridized carbons (Fsp3) is 0.182. The summed E-state index contributed by atoms with van der Waals surface area (Å²) in [5.41, 5.74) is -0.267. The average molecular weight is 345 g/mol. The van der Waals surface area contributed by atoms with Gasteiger partial charge in [-0.25, -0.2) is 9.59 Å². The number of nitrogens with zero attached hydrogens (tertiary/aromatic N) is 1. The Morgan fingerprint density at radius 1 is 1.58 bits per heavy atom. The molecule has 6 nitrogen and oxygen atoms in total. The molecule has 0 spiro atoms. The molecule has 0 aliphatic carbocycles. The van der Waals surface area contributed by atoms with Gasteiger partial charge in [-0.2, -0.15) is 4.98 Å². The Balaban J connectivity index is 2.28. The second-order valence-corrected chi connectivity index (χ2v) is 5.39. The maximum atomic E-state index is 11.3. The normalized spacial score (nSPS) is 10.6. The maximum absolute atomic E-state index is 11.3. The molecule has 0 aromatic carbocycles. The number of rotatable bonds is 4. The summed E-state index contributed by atoms with van der Waals surface area (Å²) >= 11 is 4.32. The van der Waals surface area contributed by atoms with Gasteiger partial charge in [0.15, 0.2) is 4.67 Å². The third-order valence-electron chi connectivity index (χ3n) is 2.28. The highest BCUT2D eigenvalue weighted by atomic mass is 79.9. The van der Waals surface area contributed by atoms with Crippen LogP contribution in [0.15, 0.2) is 31.0 Å². The number of hydrogen-bond acceptors (Lipinski definition) is 5. The molecule has 2 rings (SSSR count). The van der Waals surface area contributed by atoms with Crippen LogP contribution < -0.4 is 5.69 Å². The van der Waals surface area contributed by atoms with Crippen molar-refractivity contribution in [1.82, 2.24) is 9.97 Å². The summed E-state index contributed by atoms with van der Waals surface area (Å²) in [6.45, 7) is 1.53. The molecule has 0 aliphatic heterocycles. The van der Waals surface area contributed by atoms with Crippen LogP contribution in [-0.2, 0) is 5.75 Å². The fourth-order valence-electron chi connectivity index (χ4n) is 1.48. The lowest BCUT2D eigenvalue weighted by molar-refractivity contribution is 0.0690. The number of aryl methyl sites for hydroxylation is 1. The predicted octanol–water partition coefficient (Wildman–Crippen LogP) is 2.42. The van der Waals surface area contributed by atoms with Gasteiger partial charge in [-0.15, -0.1) is 0 Å². The minimum Gasteiger partial charge on any atom is -0.478 e. The number of carboxylic acids is 1. The molecular formula is C11H9BrN2O4S. The number of thioether (sulfide) groups is 1. The van der Waals surface area contributed by atoms with Gasteiger partial charge in [0.05, 0.1) is 5.75 Å². The highest BCUT2D eigenvalue weighted by molar-refractivity contribution is 9.10. The first-order chi connectivity index (χ1) is 8.97. The molecule has 8 heteroatoms. The van der Waals surface area contributed by atoms with Gasteiger partial charge in [-0.1, -0.05) is 11.8 Å². The number of nitrogens with one attached hydrogen (secondary N) is 1. The summed E-state index contributed by atoms with van der Waals surface area (Å²) < 4.78 is 5.89. The van der Waals surface area contributed by atoms with Crippen molar-refractivity contribution in [3.05, 3.63) is 44.3 Å². The zero-order valence-electron chi connectivity index (χ0n) is 9.77. The standard InChI is InChI=1S/C11H9BrN2O4S/c1-5-8(10(15)16)9(14-11(17)13-5)19-4-6-2-3-7(12)18-6/h2-3H,4H2,1H3,(H,15,16)(H,13,14,17). The number of aromatic amines is 1. The van der Waals surface area contributed by atoms with E-state index in [2.05, 4.69) is 25.9 Å². The maximum Gasteiger partial charge on any atom is 0.346 e. The number of carboxylic acid groups (broad SMARTS) is 1. The lowest BCUT2D eigenvalue weighted by atomic mass is 10.2. The van der Waals surface area contributed by atoms with Crippen molar-refractivity contribution >= 4 is 33.7 Å². The Morgan fingerprint density at radius 3 is 2.89 bits per heavy atom. The number of carbonyl (C=O) groups is 1. The van der Waals surface area contributed by atoms with Crippen LogP contribution >= 0.6 is 27.7 Å². The number of hydrogen-bond donors (Lipinski definition) is 2. The number of furan rings is 1. The van der Waals surface area contributed by atoms with Gasteiger partial charge in [0.25, 0.3) is 0 Å². The molecule has 19 heavy (non-hydrogen) atoms. The molecular weight excluding hydrogens is 336 g/mol. The first-order valence-corrected chi connectivity index (χ1v) is 6.96. The van der Waals surface area contributed by atoms with E-state index < -0.39 is 11.7 Å². The van der Waals surface area contributed by atoms with E-state index in [1.54, 1.807) is 12.1 Å². The van der Waals surface area contributed by atoms with Crippen molar-refractivity contribution in [2.24, 2.45) is 0 Å². The Hall–Kier alpha value is -1.54. The second-order valence-electron chi connectivity index (χ2n) is 3.65. The van der Waals surface area contributed by atoms with Crippen LogP contribution in [0.4, 0.5) is 0 Å². The predicted molar refractivity (Wildman–Crippen MR) is 72.5 cm³/mol.